The topological polar surface area (TPSA) is 74.7 Å². The number of ether oxygens (including phenoxy) is 1. The maximum Gasteiger partial charge on any atom is 0.258 e. The molecule has 1 amide bonds. The average Bonchev–Trinajstić information content (AvgIpc) is 3.10. The number of benzene rings is 1. The summed E-state index contributed by atoms with van der Waals surface area (Å²) in [4.78, 5) is 18.4. The molecule has 1 aromatic carbocycles. The van der Waals surface area contributed by atoms with Crippen LogP contribution in [0, 0.1) is 5.82 Å². The van der Waals surface area contributed by atoms with Crippen LogP contribution < -0.4 is 10.1 Å². The molecule has 8 heteroatoms. The fourth-order valence-corrected chi connectivity index (χ4v) is 3.33. The summed E-state index contributed by atoms with van der Waals surface area (Å²) >= 11 is 1.55. The van der Waals surface area contributed by atoms with Crippen LogP contribution >= 0.6 is 11.3 Å². The third kappa shape index (κ3) is 5.22. The number of amides is 1. The van der Waals surface area contributed by atoms with Crippen molar-refractivity contribution in [2.45, 2.75) is 25.1 Å². The van der Waals surface area contributed by atoms with Gasteiger partial charge in [0.05, 0.1) is 23.4 Å². The fraction of sp³-hybridized carbons (Fsp3) is 0.412. The highest BCUT2D eigenvalue weighted by Gasteiger charge is 2.29. The summed E-state index contributed by atoms with van der Waals surface area (Å²) in [5.74, 6) is -0.235. The smallest absolute Gasteiger partial charge is 0.258 e. The summed E-state index contributed by atoms with van der Waals surface area (Å²) in [6.45, 7) is 1.80. The highest BCUT2D eigenvalue weighted by atomic mass is 32.1. The quantitative estimate of drug-likeness (QED) is 0.810. The van der Waals surface area contributed by atoms with E-state index in [1.54, 1.807) is 16.8 Å². The Morgan fingerprint density at radius 3 is 2.92 bits per heavy atom. The standard InChI is InChI=1S/C17H20FN3O3S/c18-12-1-3-14(4-2-12)24-9-17(23)20-15-5-6-21(8-16(15)22)7-13-10-25-11-19-13/h1-4,10-11,15-16,22H,5-9H2,(H,20,23)/t15-,16-/m1/s1. The maximum absolute atomic E-state index is 12.8. The van der Waals surface area contributed by atoms with Crippen molar-refractivity contribution >= 4 is 17.2 Å². The molecule has 2 heterocycles. The van der Waals surface area contributed by atoms with Gasteiger partial charge in [-0.1, -0.05) is 0 Å². The van der Waals surface area contributed by atoms with Crippen LogP contribution in [0.3, 0.4) is 0 Å². The summed E-state index contributed by atoms with van der Waals surface area (Å²) in [6.07, 6.45) is 0.0234. The molecule has 1 fully saturated rings. The fourth-order valence-electron chi connectivity index (χ4n) is 2.78. The summed E-state index contributed by atoms with van der Waals surface area (Å²) in [5.41, 5.74) is 2.78. The molecule has 2 N–H and O–H groups in total. The number of aromatic nitrogens is 1. The van der Waals surface area contributed by atoms with Crippen LogP contribution in [0.4, 0.5) is 4.39 Å². The van der Waals surface area contributed by atoms with Crippen LogP contribution in [-0.2, 0) is 11.3 Å². The Hall–Kier alpha value is -2.03. The third-order valence-electron chi connectivity index (χ3n) is 4.07. The zero-order valence-corrected chi connectivity index (χ0v) is 14.4. The molecule has 0 radical (unpaired) electrons. The predicted molar refractivity (Wildman–Crippen MR) is 91.8 cm³/mol. The second-order valence-corrected chi connectivity index (χ2v) is 6.71. The summed E-state index contributed by atoms with van der Waals surface area (Å²) < 4.78 is 18.1. The minimum atomic E-state index is -0.637. The minimum Gasteiger partial charge on any atom is -0.484 e. The van der Waals surface area contributed by atoms with Gasteiger partial charge >= 0.3 is 0 Å². The number of rotatable bonds is 6. The van der Waals surface area contributed by atoms with E-state index in [-0.39, 0.29) is 24.4 Å². The number of likely N-dealkylation sites (tertiary alicyclic amines) is 1. The number of halogens is 1. The Bertz CT molecular complexity index is 681. The van der Waals surface area contributed by atoms with Crippen LogP contribution in [0.1, 0.15) is 12.1 Å². The molecular formula is C17H20FN3O3S. The summed E-state index contributed by atoms with van der Waals surface area (Å²) in [7, 11) is 0. The van der Waals surface area contributed by atoms with Crippen molar-refractivity contribution in [1.29, 1.82) is 0 Å². The van der Waals surface area contributed by atoms with Gasteiger partial charge in [0.15, 0.2) is 6.61 Å². The molecule has 1 aliphatic heterocycles. The van der Waals surface area contributed by atoms with Crippen LogP contribution in [0.5, 0.6) is 5.75 Å². The first-order chi connectivity index (χ1) is 12.1. The number of thiazole rings is 1. The van der Waals surface area contributed by atoms with E-state index in [0.29, 0.717) is 25.3 Å². The van der Waals surface area contributed by atoms with Crippen molar-refractivity contribution in [3.8, 4) is 5.75 Å². The molecule has 25 heavy (non-hydrogen) atoms. The van der Waals surface area contributed by atoms with Gasteiger partial charge in [0.2, 0.25) is 0 Å². The van der Waals surface area contributed by atoms with E-state index in [1.807, 2.05) is 5.38 Å². The third-order valence-corrected chi connectivity index (χ3v) is 4.70. The number of hydrogen-bond acceptors (Lipinski definition) is 6. The van der Waals surface area contributed by atoms with Gasteiger partial charge in [0.25, 0.3) is 5.91 Å². The Morgan fingerprint density at radius 2 is 2.24 bits per heavy atom. The van der Waals surface area contributed by atoms with Gasteiger partial charge < -0.3 is 15.2 Å². The lowest BCUT2D eigenvalue weighted by atomic mass is 10.0. The summed E-state index contributed by atoms with van der Waals surface area (Å²) in [6, 6.07) is 5.18. The Labute approximate surface area is 149 Å². The molecule has 134 valence electrons. The Morgan fingerprint density at radius 1 is 1.44 bits per heavy atom. The molecule has 1 aromatic heterocycles. The molecule has 3 rings (SSSR count). The largest absolute Gasteiger partial charge is 0.484 e. The van der Waals surface area contributed by atoms with E-state index in [9.17, 15) is 14.3 Å². The van der Waals surface area contributed by atoms with Crippen LogP contribution in [-0.4, -0.2) is 52.7 Å². The van der Waals surface area contributed by atoms with E-state index < -0.39 is 6.10 Å². The lowest BCUT2D eigenvalue weighted by Gasteiger charge is -2.35. The predicted octanol–water partition coefficient (Wildman–Crippen LogP) is 1.41. The number of nitrogens with one attached hydrogen (secondary N) is 1. The zero-order chi connectivity index (χ0) is 17.6. The number of nitrogens with zero attached hydrogens (tertiary/aromatic N) is 2. The summed E-state index contributed by atoms with van der Waals surface area (Å²) in [5, 5.41) is 15.1. The molecule has 0 aliphatic carbocycles. The SMILES string of the molecule is O=C(COc1ccc(F)cc1)N[C@@H]1CCN(Cc2cscn2)C[C@H]1O. The van der Waals surface area contributed by atoms with Crippen molar-refractivity contribution in [3.05, 3.63) is 46.7 Å². The first-order valence-corrected chi connectivity index (χ1v) is 8.99. The van der Waals surface area contributed by atoms with E-state index in [1.165, 1.54) is 24.3 Å². The van der Waals surface area contributed by atoms with E-state index in [0.717, 1.165) is 12.2 Å². The number of piperidine rings is 1. The molecule has 0 spiro atoms. The first-order valence-electron chi connectivity index (χ1n) is 8.05. The van der Waals surface area contributed by atoms with Crippen molar-refractivity contribution in [2.24, 2.45) is 0 Å². The van der Waals surface area contributed by atoms with Crippen LogP contribution in [0.15, 0.2) is 35.2 Å². The minimum absolute atomic E-state index is 0.169. The highest BCUT2D eigenvalue weighted by molar-refractivity contribution is 7.07. The second-order valence-electron chi connectivity index (χ2n) is 5.99. The number of aliphatic hydroxyl groups is 1. The van der Waals surface area contributed by atoms with Crippen molar-refractivity contribution in [2.75, 3.05) is 19.7 Å². The van der Waals surface area contributed by atoms with Gasteiger partial charge in [-0.05, 0) is 30.7 Å². The van der Waals surface area contributed by atoms with Crippen molar-refractivity contribution in [3.63, 3.8) is 0 Å². The van der Waals surface area contributed by atoms with E-state index in [2.05, 4.69) is 15.2 Å². The van der Waals surface area contributed by atoms with Crippen molar-refractivity contribution < 1.29 is 19.0 Å². The average molecular weight is 365 g/mol. The molecule has 0 saturated carbocycles. The van der Waals surface area contributed by atoms with Gasteiger partial charge in [-0.25, -0.2) is 9.37 Å². The van der Waals surface area contributed by atoms with Gasteiger partial charge in [-0.15, -0.1) is 11.3 Å². The lowest BCUT2D eigenvalue weighted by Crippen LogP contribution is -2.54. The molecule has 0 bridgehead atoms. The Kier molecular flexibility index (Phi) is 5.95. The second kappa shape index (κ2) is 8.37. The molecular weight excluding hydrogens is 345 g/mol. The molecule has 0 unspecified atom stereocenters. The number of hydrogen-bond donors (Lipinski definition) is 2. The highest BCUT2D eigenvalue weighted by Crippen LogP contribution is 2.15. The van der Waals surface area contributed by atoms with Crippen LogP contribution in [0.2, 0.25) is 0 Å². The number of carbonyl (C=O) groups excluding carboxylic acids is 1. The zero-order valence-electron chi connectivity index (χ0n) is 13.6. The van der Waals surface area contributed by atoms with Crippen molar-refractivity contribution in [1.82, 2.24) is 15.2 Å². The number of β-amino-alcohol motifs (C(OH)–C–C–N with tert-alkyl or cyclic N) is 1. The molecule has 6 nitrogen and oxygen atoms in total. The van der Waals surface area contributed by atoms with Crippen LogP contribution in [0.25, 0.3) is 0 Å². The normalized spacial score (nSPS) is 21.0. The molecule has 2 aromatic rings. The molecule has 2 atom stereocenters. The Balaban J connectivity index is 1.42. The van der Waals surface area contributed by atoms with Gasteiger partial charge in [0.1, 0.15) is 11.6 Å². The van der Waals surface area contributed by atoms with Gasteiger partial charge in [-0.2, -0.15) is 0 Å². The maximum atomic E-state index is 12.8. The van der Waals surface area contributed by atoms with E-state index in [4.69, 9.17) is 4.74 Å². The first kappa shape index (κ1) is 17.8. The monoisotopic (exact) mass is 365 g/mol. The lowest BCUT2D eigenvalue weighted by molar-refractivity contribution is -0.125. The molecule has 1 aliphatic rings. The number of aliphatic hydroxyl groups excluding tert-OH is 1. The van der Waals surface area contributed by atoms with E-state index >= 15 is 0 Å². The van der Waals surface area contributed by atoms with Gasteiger partial charge in [0, 0.05) is 25.0 Å². The number of carbonyl (C=O) groups is 1. The van der Waals surface area contributed by atoms with Gasteiger partial charge in [-0.3, -0.25) is 9.69 Å². The molecule has 1 saturated heterocycles.